The number of rotatable bonds is 5. The van der Waals surface area contributed by atoms with Gasteiger partial charge in [-0.2, -0.15) is 5.21 Å². The normalized spacial score (nSPS) is 15.2. The van der Waals surface area contributed by atoms with Gasteiger partial charge in [0.05, 0.1) is 17.0 Å². The molecule has 2 aromatic heterocycles. The summed E-state index contributed by atoms with van der Waals surface area (Å²) in [6.45, 7) is 6.82. The lowest BCUT2D eigenvalue weighted by Crippen LogP contribution is -2.16. The number of H-pyrrole nitrogens is 1. The first-order valence-electron chi connectivity index (χ1n) is 9.47. The first-order valence-corrected chi connectivity index (χ1v) is 9.47. The van der Waals surface area contributed by atoms with Gasteiger partial charge in [-0.25, -0.2) is 0 Å². The van der Waals surface area contributed by atoms with Gasteiger partial charge in [-0.1, -0.05) is 57.5 Å². The van der Waals surface area contributed by atoms with Gasteiger partial charge in [0, 0.05) is 5.41 Å². The van der Waals surface area contributed by atoms with Crippen LogP contribution in [0, 0.1) is 0 Å². The van der Waals surface area contributed by atoms with E-state index in [0.29, 0.717) is 5.82 Å². The molecule has 1 aromatic carbocycles. The van der Waals surface area contributed by atoms with Crippen molar-refractivity contribution in [3.05, 3.63) is 47.3 Å². The quantitative estimate of drug-likeness (QED) is 0.738. The van der Waals surface area contributed by atoms with E-state index in [1.54, 1.807) is 0 Å². The first kappa shape index (κ1) is 16.9. The lowest BCUT2D eigenvalue weighted by Gasteiger charge is -2.22. The molecule has 1 aliphatic carbocycles. The number of aromatic nitrogens is 5. The Hall–Kier alpha value is -2.56. The van der Waals surface area contributed by atoms with Gasteiger partial charge in [0.2, 0.25) is 5.82 Å². The Morgan fingerprint density at radius 1 is 1.12 bits per heavy atom. The molecule has 4 rings (SSSR count). The Labute approximate surface area is 154 Å². The Morgan fingerprint density at radius 3 is 2.62 bits per heavy atom. The highest BCUT2D eigenvalue weighted by Crippen LogP contribution is 2.46. The molecule has 0 bridgehead atoms. The maximum atomic E-state index is 5.16. The number of pyridine rings is 1. The van der Waals surface area contributed by atoms with Crippen LogP contribution < -0.4 is 0 Å². The lowest BCUT2D eigenvalue weighted by molar-refractivity contribution is 0.507. The standard InChI is InChI=1S/C21H25N5/c1-4-5-11-16-18(20-23-25-26-24-20)17(14-9-7-6-8-10-14)15-12-13-21(2,3)19(15)22-16/h6-10H,4-5,11-13H2,1-3H3,(H,23,24,25,26). The minimum atomic E-state index is 0.107. The molecular weight excluding hydrogens is 322 g/mol. The Kier molecular flexibility index (Phi) is 4.31. The van der Waals surface area contributed by atoms with Crippen molar-refractivity contribution in [3.8, 4) is 22.5 Å². The van der Waals surface area contributed by atoms with Crippen molar-refractivity contribution in [2.24, 2.45) is 0 Å². The van der Waals surface area contributed by atoms with Crippen molar-refractivity contribution in [1.29, 1.82) is 0 Å². The third-order valence-electron chi connectivity index (χ3n) is 5.41. The van der Waals surface area contributed by atoms with Gasteiger partial charge in [-0.3, -0.25) is 4.98 Å². The summed E-state index contributed by atoms with van der Waals surface area (Å²) >= 11 is 0. The summed E-state index contributed by atoms with van der Waals surface area (Å²) in [6.07, 6.45) is 5.33. The molecule has 0 atom stereocenters. The number of nitrogens with one attached hydrogen (secondary N) is 1. The van der Waals surface area contributed by atoms with E-state index in [1.807, 2.05) is 0 Å². The van der Waals surface area contributed by atoms with Crippen LogP contribution in [0.3, 0.4) is 0 Å². The average molecular weight is 347 g/mol. The van der Waals surface area contributed by atoms with Gasteiger partial charge in [0.15, 0.2) is 0 Å². The molecule has 1 aliphatic rings. The van der Waals surface area contributed by atoms with Crippen LogP contribution >= 0.6 is 0 Å². The summed E-state index contributed by atoms with van der Waals surface area (Å²) in [4.78, 5) is 5.16. The van der Waals surface area contributed by atoms with E-state index in [2.05, 4.69) is 71.7 Å². The SMILES string of the molecule is CCCCc1nc2c(c(-c3ccccc3)c1-c1nn[nH]n1)CCC2(C)C. The van der Waals surface area contributed by atoms with Gasteiger partial charge in [0.25, 0.3) is 0 Å². The topological polar surface area (TPSA) is 67.3 Å². The molecule has 0 fully saturated rings. The zero-order valence-corrected chi connectivity index (χ0v) is 15.7. The summed E-state index contributed by atoms with van der Waals surface area (Å²) in [5.41, 5.74) is 7.30. The first-order chi connectivity index (χ1) is 12.6. The van der Waals surface area contributed by atoms with Crippen molar-refractivity contribution in [2.75, 3.05) is 0 Å². The fourth-order valence-corrected chi connectivity index (χ4v) is 3.99. The van der Waals surface area contributed by atoms with Crippen LogP contribution in [0.25, 0.3) is 22.5 Å². The number of benzene rings is 1. The third-order valence-corrected chi connectivity index (χ3v) is 5.41. The number of aromatic amines is 1. The molecular formula is C21H25N5. The summed E-state index contributed by atoms with van der Waals surface area (Å²) in [7, 11) is 0. The zero-order valence-electron chi connectivity index (χ0n) is 15.7. The highest BCUT2D eigenvalue weighted by molar-refractivity contribution is 5.85. The number of aryl methyl sites for hydroxylation is 1. The number of nitrogens with zero attached hydrogens (tertiary/aromatic N) is 4. The van der Waals surface area contributed by atoms with Crippen LogP contribution in [0.4, 0.5) is 0 Å². The van der Waals surface area contributed by atoms with Gasteiger partial charge >= 0.3 is 0 Å². The molecule has 0 saturated heterocycles. The smallest absolute Gasteiger partial charge is 0.207 e. The summed E-state index contributed by atoms with van der Waals surface area (Å²) in [5, 5.41) is 15.1. The number of fused-ring (bicyclic) bond motifs is 1. The summed E-state index contributed by atoms with van der Waals surface area (Å²) in [6, 6.07) is 10.6. The van der Waals surface area contributed by atoms with E-state index in [0.717, 1.165) is 43.4 Å². The molecule has 0 saturated carbocycles. The number of tetrazole rings is 1. The van der Waals surface area contributed by atoms with Crippen LogP contribution in [0.1, 0.15) is 57.0 Å². The minimum absolute atomic E-state index is 0.107. The van der Waals surface area contributed by atoms with E-state index in [4.69, 9.17) is 4.98 Å². The maximum absolute atomic E-state index is 5.16. The van der Waals surface area contributed by atoms with E-state index < -0.39 is 0 Å². The van der Waals surface area contributed by atoms with Crippen LogP contribution in [-0.4, -0.2) is 25.6 Å². The number of hydrogen-bond acceptors (Lipinski definition) is 4. The average Bonchev–Trinajstić information content (AvgIpc) is 3.28. The number of hydrogen-bond donors (Lipinski definition) is 1. The summed E-state index contributed by atoms with van der Waals surface area (Å²) < 4.78 is 0. The van der Waals surface area contributed by atoms with Crippen LogP contribution in [0.5, 0.6) is 0 Å². The minimum Gasteiger partial charge on any atom is -0.256 e. The predicted molar refractivity (Wildman–Crippen MR) is 103 cm³/mol. The Bertz CT molecular complexity index is 898. The maximum Gasteiger partial charge on any atom is 0.207 e. The molecule has 26 heavy (non-hydrogen) atoms. The van der Waals surface area contributed by atoms with Crippen LogP contribution in [0.2, 0.25) is 0 Å². The second kappa shape index (κ2) is 6.63. The van der Waals surface area contributed by atoms with Gasteiger partial charge in [-0.05, 0) is 47.6 Å². The molecule has 0 radical (unpaired) electrons. The predicted octanol–water partition coefficient (Wildman–Crippen LogP) is 4.50. The highest BCUT2D eigenvalue weighted by Gasteiger charge is 2.36. The highest BCUT2D eigenvalue weighted by atomic mass is 15.5. The van der Waals surface area contributed by atoms with Gasteiger partial charge < -0.3 is 0 Å². The van der Waals surface area contributed by atoms with Crippen molar-refractivity contribution < 1.29 is 0 Å². The molecule has 0 unspecified atom stereocenters. The fourth-order valence-electron chi connectivity index (χ4n) is 3.99. The monoisotopic (exact) mass is 347 g/mol. The molecule has 134 valence electrons. The third kappa shape index (κ3) is 2.81. The van der Waals surface area contributed by atoms with Crippen molar-refractivity contribution in [2.45, 2.75) is 58.3 Å². The van der Waals surface area contributed by atoms with Crippen LogP contribution in [0.15, 0.2) is 30.3 Å². The van der Waals surface area contributed by atoms with E-state index in [9.17, 15) is 0 Å². The molecule has 0 amide bonds. The van der Waals surface area contributed by atoms with Crippen LogP contribution in [-0.2, 0) is 18.3 Å². The molecule has 5 nitrogen and oxygen atoms in total. The Morgan fingerprint density at radius 2 is 1.92 bits per heavy atom. The van der Waals surface area contributed by atoms with Gasteiger partial charge in [-0.15, -0.1) is 10.2 Å². The van der Waals surface area contributed by atoms with E-state index in [1.165, 1.54) is 22.4 Å². The van der Waals surface area contributed by atoms with Crippen molar-refractivity contribution in [3.63, 3.8) is 0 Å². The lowest BCUT2D eigenvalue weighted by atomic mass is 9.87. The van der Waals surface area contributed by atoms with Crippen molar-refractivity contribution in [1.82, 2.24) is 25.6 Å². The number of unbranched alkanes of at least 4 members (excludes halogenated alkanes) is 1. The molecule has 0 spiro atoms. The molecule has 1 N–H and O–H groups in total. The molecule has 3 aromatic rings. The molecule has 5 heteroatoms. The van der Waals surface area contributed by atoms with Gasteiger partial charge in [0.1, 0.15) is 0 Å². The zero-order chi connectivity index (χ0) is 18.1. The summed E-state index contributed by atoms with van der Waals surface area (Å²) in [5.74, 6) is 0.648. The Balaban J connectivity index is 2.04. The van der Waals surface area contributed by atoms with Crippen molar-refractivity contribution >= 4 is 0 Å². The van der Waals surface area contributed by atoms with E-state index in [-0.39, 0.29) is 5.41 Å². The van der Waals surface area contributed by atoms with E-state index >= 15 is 0 Å². The molecule has 2 heterocycles. The fraction of sp³-hybridized carbons (Fsp3) is 0.429. The second-order valence-corrected chi connectivity index (χ2v) is 7.72. The molecule has 0 aliphatic heterocycles. The largest absolute Gasteiger partial charge is 0.256 e. The second-order valence-electron chi connectivity index (χ2n) is 7.72.